The molecule has 5 heteroatoms. The monoisotopic (exact) mass is 337 g/mol. The summed E-state index contributed by atoms with van der Waals surface area (Å²) in [5, 5.41) is 12.3. The first-order valence-corrected chi connectivity index (χ1v) is 6.87. The maximum atomic E-state index is 13.0. The summed E-state index contributed by atoms with van der Waals surface area (Å²) in [5.74, 6) is -0.727. The number of hydrogen-bond donors (Lipinski definition) is 2. The van der Waals surface area contributed by atoms with Crippen LogP contribution in [-0.4, -0.2) is 17.6 Å². The van der Waals surface area contributed by atoms with Gasteiger partial charge in [0.2, 0.25) is 0 Å². The molecule has 0 saturated heterocycles. The zero-order valence-corrected chi connectivity index (χ0v) is 12.2. The molecule has 0 aliphatic carbocycles. The van der Waals surface area contributed by atoms with E-state index in [4.69, 9.17) is 0 Å². The second kappa shape index (κ2) is 6.52. The number of nitrogens with one attached hydrogen (secondary N) is 1. The maximum Gasteiger partial charge on any atom is 0.255 e. The summed E-state index contributed by atoms with van der Waals surface area (Å²) in [6, 6.07) is 10.9. The van der Waals surface area contributed by atoms with E-state index in [2.05, 4.69) is 21.2 Å². The van der Waals surface area contributed by atoms with Crippen molar-refractivity contribution in [2.45, 2.75) is 6.42 Å². The fourth-order valence-electron chi connectivity index (χ4n) is 1.80. The number of amides is 1. The Bertz CT molecular complexity index is 631. The van der Waals surface area contributed by atoms with E-state index in [0.29, 0.717) is 17.4 Å². The Labute approximate surface area is 124 Å². The van der Waals surface area contributed by atoms with Crippen LogP contribution in [0.15, 0.2) is 46.9 Å². The lowest BCUT2D eigenvalue weighted by Gasteiger charge is -2.07. The minimum Gasteiger partial charge on any atom is -0.507 e. The Balaban J connectivity index is 1.94. The van der Waals surface area contributed by atoms with Crippen molar-refractivity contribution in [1.82, 2.24) is 5.32 Å². The van der Waals surface area contributed by atoms with Crippen molar-refractivity contribution in [2.75, 3.05) is 6.54 Å². The number of halogens is 2. The zero-order valence-electron chi connectivity index (χ0n) is 10.6. The van der Waals surface area contributed by atoms with Gasteiger partial charge in [-0.1, -0.05) is 28.1 Å². The van der Waals surface area contributed by atoms with Gasteiger partial charge >= 0.3 is 0 Å². The largest absolute Gasteiger partial charge is 0.507 e. The molecule has 0 aliphatic heterocycles. The molecule has 0 atom stereocenters. The van der Waals surface area contributed by atoms with Crippen molar-refractivity contribution in [3.63, 3.8) is 0 Å². The van der Waals surface area contributed by atoms with Gasteiger partial charge in [0.25, 0.3) is 5.91 Å². The third-order valence-corrected chi connectivity index (χ3v) is 3.28. The molecule has 0 heterocycles. The number of aromatic hydroxyl groups is 1. The molecule has 20 heavy (non-hydrogen) atoms. The highest BCUT2D eigenvalue weighted by Gasteiger charge is 2.10. The van der Waals surface area contributed by atoms with E-state index in [1.54, 1.807) is 24.3 Å². The van der Waals surface area contributed by atoms with Crippen LogP contribution in [-0.2, 0) is 6.42 Å². The van der Waals surface area contributed by atoms with Gasteiger partial charge in [-0.3, -0.25) is 4.79 Å². The molecular formula is C15H13BrFNO2. The molecular weight excluding hydrogens is 325 g/mol. The molecule has 0 spiro atoms. The lowest BCUT2D eigenvalue weighted by Crippen LogP contribution is -2.25. The number of phenolic OH excluding ortho intramolecular Hbond substituents is 1. The summed E-state index contributed by atoms with van der Waals surface area (Å²) in [4.78, 5) is 11.9. The summed E-state index contributed by atoms with van der Waals surface area (Å²) in [5.41, 5.74) is 1.02. The van der Waals surface area contributed by atoms with Crippen LogP contribution in [0.1, 0.15) is 15.9 Å². The summed E-state index contributed by atoms with van der Waals surface area (Å²) in [6.07, 6.45) is 0.526. The zero-order chi connectivity index (χ0) is 14.5. The van der Waals surface area contributed by atoms with E-state index in [1.807, 2.05) is 0 Å². The number of carbonyl (C=O) groups is 1. The normalized spacial score (nSPS) is 10.3. The Morgan fingerprint density at radius 3 is 2.80 bits per heavy atom. The van der Waals surface area contributed by atoms with Crippen molar-refractivity contribution in [3.8, 4) is 5.75 Å². The molecule has 0 unspecified atom stereocenters. The summed E-state index contributed by atoms with van der Waals surface area (Å²) < 4.78 is 13.7. The molecule has 1 amide bonds. The molecule has 0 aliphatic rings. The SMILES string of the molecule is O=C(NCCc1cccc(F)c1)c1cc(Br)ccc1O. The number of hydrogen-bond acceptors (Lipinski definition) is 2. The standard InChI is InChI=1S/C15H13BrFNO2/c16-11-4-5-14(19)13(9-11)15(20)18-7-6-10-2-1-3-12(17)8-10/h1-5,8-9,19H,6-7H2,(H,18,20). The fourth-order valence-corrected chi connectivity index (χ4v) is 2.16. The third-order valence-electron chi connectivity index (χ3n) is 2.79. The fraction of sp³-hybridized carbons (Fsp3) is 0.133. The quantitative estimate of drug-likeness (QED) is 0.899. The highest BCUT2D eigenvalue weighted by molar-refractivity contribution is 9.10. The van der Waals surface area contributed by atoms with Gasteiger partial charge in [-0.15, -0.1) is 0 Å². The highest BCUT2D eigenvalue weighted by atomic mass is 79.9. The summed E-state index contributed by atoms with van der Waals surface area (Å²) in [6.45, 7) is 0.369. The summed E-state index contributed by atoms with van der Waals surface area (Å²) >= 11 is 3.24. The third kappa shape index (κ3) is 3.81. The minimum absolute atomic E-state index is 0.0727. The molecule has 2 aromatic carbocycles. The Kier molecular flexibility index (Phi) is 4.74. The molecule has 0 fully saturated rings. The van der Waals surface area contributed by atoms with Crippen molar-refractivity contribution in [2.24, 2.45) is 0 Å². The number of carbonyl (C=O) groups excluding carboxylic acids is 1. The molecule has 3 nitrogen and oxygen atoms in total. The molecule has 0 aromatic heterocycles. The number of benzene rings is 2. The molecule has 0 radical (unpaired) electrons. The lowest BCUT2D eigenvalue weighted by atomic mass is 10.1. The topological polar surface area (TPSA) is 49.3 Å². The van der Waals surface area contributed by atoms with Gasteiger partial charge < -0.3 is 10.4 Å². The average molecular weight is 338 g/mol. The average Bonchev–Trinajstić information content (AvgIpc) is 2.41. The van der Waals surface area contributed by atoms with E-state index < -0.39 is 0 Å². The Morgan fingerprint density at radius 2 is 2.05 bits per heavy atom. The predicted octanol–water partition coefficient (Wildman–Crippen LogP) is 3.27. The molecule has 2 rings (SSSR count). The lowest BCUT2D eigenvalue weighted by molar-refractivity contribution is 0.0951. The van der Waals surface area contributed by atoms with Gasteiger partial charge in [0, 0.05) is 11.0 Å². The molecule has 0 saturated carbocycles. The Morgan fingerprint density at radius 1 is 1.25 bits per heavy atom. The van der Waals surface area contributed by atoms with Gasteiger partial charge in [0.05, 0.1) is 5.56 Å². The van der Waals surface area contributed by atoms with Crippen molar-refractivity contribution in [1.29, 1.82) is 0 Å². The van der Waals surface area contributed by atoms with Crippen molar-refractivity contribution >= 4 is 21.8 Å². The number of rotatable bonds is 4. The first-order chi connectivity index (χ1) is 9.56. The molecule has 104 valence electrons. The smallest absolute Gasteiger partial charge is 0.255 e. The molecule has 0 bridgehead atoms. The van der Waals surface area contributed by atoms with Gasteiger partial charge in [0.1, 0.15) is 11.6 Å². The maximum absolute atomic E-state index is 13.0. The van der Waals surface area contributed by atoms with E-state index in [0.717, 1.165) is 5.56 Å². The summed E-state index contributed by atoms with van der Waals surface area (Å²) in [7, 11) is 0. The van der Waals surface area contributed by atoms with Gasteiger partial charge in [0.15, 0.2) is 0 Å². The van der Waals surface area contributed by atoms with Crippen LogP contribution in [0.25, 0.3) is 0 Å². The van der Waals surface area contributed by atoms with E-state index in [9.17, 15) is 14.3 Å². The van der Waals surface area contributed by atoms with Crippen LogP contribution >= 0.6 is 15.9 Å². The van der Waals surface area contributed by atoms with Gasteiger partial charge in [-0.2, -0.15) is 0 Å². The van der Waals surface area contributed by atoms with E-state index in [-0.39, 0.29) is 23.0 Å². The van der Waals surface area contributed by atoms with Crippen molar-refractivity contribution < 1.29 is 14.3 Å². The predicted molar refractivity (Wildman–Crippen MR) is 78.2 cm³/mol. The van der Waals surface area contributed by atoms with Crippen LogP contribution in [0.3, 0.4) is 0 Å². The van der Waals surface area contributed by atoms with Crippen molar-refractivity contribution in [3.05, 3.63) is 63.9 Å². The highest BCUT2D eigenvalue weighted by Crippen LogP contribution is 2.21. The van der Waals surface area contributed by atoms with Crippen LogP contribution in [0.4, 0.5) is 4.39 Å². The van der Waals surface area contributed by atoms with Crippen LogP contribution in [0.2, 0.25) is 0 Å². The second-order valence-corrected chi connectivity index (χ2v) is 5.21. The van der Waals surface area contributed by atoms with Crippen LogP contribution in [0.5, 0.6) is 5.75 Å². The Hall–Kier alpha value is -1.88. The first-order valence-electron chi connectivity index (χ1n) is 6.07. The van der Waals surface area contributed by atoms with E-state index in [1.165, 1.54) is 18.2 Å². The van der Waals surface area contributed by atoms with Gasteiger partial charge in [-0.25, -0.2) is 4.39 Å². The second-order valence-electron chi connectivity index (χ2n) is 4.30. The van der Waals surface area contributed by atoms with Gasteiger partial charge in [-0.05, 0) is 42.3 Å². The minimum atomic E-state index is -0.361. The molecule has 2 N–H and O–H groups in total. The molecule has 2 aromatic rings. The number of phenols is 1. The first kappa shape index (κ1) is 14.5. The van der Waals surface area contributed by atoms with Crippen LogP contribution < -0.4 is 5.32 Å². The van der Waals surface area contributed by atoms with E-state index >= 15 is 0 Å². The van der Waals surface area contributed by atoms with Crippen LogP contribution in [0, 0.1) is 5.82 Å².